The predicted molar refractivity (Wildman–Crippen MR) is 102 cm³/mol. The average Bonchev–Trinajstić information content (AvgIpc) is 3.03. The van der Waals surface area contributed by atoms with Crippen LogP contribution in [0.15, 0.2) is 18.2 Å². The van der Waals surface area contributed by atoms with Gasteiger partial charge in [0, 0.05) is 37.2 Å². The molecule has 28 heavy (non-hydrogen) atoms. The Balaban J connectivity index is 1.26. The van der Waals surface area contributed by atoms with Crippen LogP contribution in [0.3, 0.4) is 0 Å². The van der Waals surface area contributed by atoms with Gasteiger partial charge in [-0.1, -0.05) is 12.1 Å². The highest BCUT2D eigenvalue weighted by Crippen LogP contribution is 2.30. The SMILES string of the molecule is O=C1CCC(N2Cc3ccc(CNC4CC5CCC4NC5)cc3C2=O)C(=O)N1. The molecule has 3 amide bonds. The molecule has 0 spiro atoms. The molecule has 4 fully saturated rings. The molecule has 4 heterocycles. The fraction of sp³-hybridized carbons (Fsp3) is 0.571. The summed E-state index contributed by atoms with van der Waals surface area (Å²) in [7, 11) is 0. The van der Waals surface area contributed by atoms with Crippen molar-refractivity contribution in [3.63, 3.8) is 0 Å². The van der Waals surface area contributed by atoms with Gasteiger partial charge < -0.3 is 15.5 Å². The summed E-state index contributed by atoms with van der Waals surface area (Å²) in [4.78, 5) is 38.1. The molecule has 1 aromatic carbocycles. The lowest BCUT2D eigenvalue weighted by Gasteiger charge is -2.43. The first-order valence-corrected chi connectivity index (χ1v) is 10.3. The molecular weight excluding hydrogens is 356 g/mol. The zero-order valence-electron chi connectivity index (χ0n) is 15.9. The van der Waals surface area contributed by atoms with Gasteiger partial charge in [0.2, 0.25) is 11.8 Å². The molecule has 3 N–H and O–H groups in total. The summed E-state index contributed by atoms with van der Waals surface area (Å²) < 4.78 is 0. The van der Waals surface area contributed by atoms with Crippen LogP contribution < -0.4 is 16.0 Å². The van der Waals surface area contributed by atoms with Crippen molar-refractivity contribution in [1.29, 1.82) is 0 Å². The second-order valence-electron chi connectivity index (χ2n) is 8.57. The van der Waals surface area contributed by atoms with E-state index in [1.165, 1.54) is 19.3 Å². The Morgan fingerprint density at radius 1 is 1.14 bits per heavy atom. The largest absolute Gasteiger partial charge is 0.322 e. The van der Waals surface area contributed by atoms with E-state index in [1.807, 2.05) is 12.1 Å². The van der Waals surface area contributed by atoms with Crippen LogP contribution >= 0.6 is 0 Å². The van der Waals surface area contributed by atoms with E-state index in [-0.39, 0.29) is 24.1 Å². The van der Waals surface area contributed by atoms with Crippen LogP contribution in [0.2, 0.25) is 0 Å². The number of piperidine rings is 3. The molecule has 6 rings (SSSR count). The van der Waals surface area contributed by atoms with Gasteiger partial charge in [-0.15, -0.1) is 0 Å². The quantitative estimate of drug-likeness (QED) is 0.666. The smallest absolute Gasteiger partial charge is 0.255 e. The number of imide groups is 1. The number of hydrogen-bond donors (Lipinski definition) is 3. The van der Waals surface area contributed by atoms with Crippen molar-refractivity contribution in [2.75, 3.05) is 6.54 Å². The first-order chi connectivity index (χ1) is 13.6. The fourth-order valence-corrected chi connectivity index (χ4v) is 5.19. The van der Waals surface area contributed by atoms with Gasteiger partial charge in [0.25, 0.3) is 5.91 Å². The van der Waals surface area contributed by atoms with Gasteiger partial charge in [0.1, 0.15) is 6.04 Å². The Hall–Kier alpha value is -2.25. The van der Waals surface area contributed by atoms with E-state index in [1.54, 1.807) is 4.90 Å². The molecule has 0 radical (unpaired) electrons. The Kier molecular flexibility index (Phi) is 4.44. The van der Waals surface area contributed by atoms with Crippen molar-refractivity contribution in [2.24, 2.45) is 5.92 Å². The maximum Gasteiger partial charge on any atom is 0.255 e. The van der Waals surface area contributed by atoms with Crippen molar-refractivity contribution < 1.29 is 14.4 Å². The van der Waals surface area contributed by atoms with Crippen molar-refractivity contribution in [2.45, 2.75) is 63.3 Å². The average molecular weight is 382 g/mol. The Morgan fingerprint density at radius 3 is 2.75 bits per heavy atom. The van der Waals surface area contributed by atoms with E-state index in [9.17, 15) is 14.4 Å². The van der Waals surface area contributed by atoms with Crippen LogP contribution in [0.1, 0.15) is 53.6 Å². The van der Waals surface area contributed by atoms with Crippen LogP contribution in [0, 0.1) is 5.92 Å². The lowest BCUT2D eigenvalue weighted by Crippen LogP contribution is -2.58. The minimum atomic E-state index is -0.553. The molecule has 1 aromatic rings. The number of nitrogens with zero attached hydrogens (tertiary/aromatic N) is 1. The number of carbonyl (C=O) groups is 3. The van der Waals surface area contributed by atoms with Crippen LogP contribution in [-0.2, 0) is 22.7 Å². The lowest BCUT2D eigenvalue weighted by molar-refractivity contribution is -0.136. The number of amides is 3. The second-order valence-corrected chi connectivity index (χ2v) is 8.57. The number of nitrogens with one attached hydrogen (secondary N) is 3. The standard InChI is InChI=1S/C21H26N4O3/c26-19-6-5-18(20(27)24-19)25-11-14-3-1-12(7-15(14)21(25)28)9-23-17-8-13-2-4-16(17)22-10-13/h1,3,7,13,16-18,22-23H,2,4-6,8-11H2,(H,24,26,27). The fourth-order valence-electron chi connectivity index (χ4n) is 5.19. The topological polar surface area (TPSA) is 90.5 Å². The summed E-state index contributed by atoms with van der Waals surface area (Å²) in [6.07, 6.45) is 4.48. The summed E-state index contributed by atoms with van der Waals surface area (Å²) in [6, 6.07) is 6.54. The molecule has 3 saturated heterocycles. The minimum Gasteiger partial charge on any atom is -0.322 e. The van der Waals surface area contributed by atoms with Gasteiger partial charge in [-0.2, -0.15) is 0 Å². The third kappa shape index (κ3) is 3.12. The summed E-state index contributed by atoms with van der Waals surface area (Å²) in [6.45, 7) is 2.32. The van der Waals surface area contributed by atoms with E-state index in [0.29, 0.717) is 30.6 Å². The maximum absolute atomic E-state index is 12.9. The van der Waals surface area contributed by atoms with Crippen LogP contribution in [0.5, 0.6) is 0 Å². The van der Waals surface area contributed by atoms with Gasteiger partial charge in [0.15, 0.2) is 0 Å². The molecule has 5 aliphatic rings. The number of rotatable bonds is 4. The number of carbonyl (C=O) groups excluding carboxylic acids is 3. The molecule has 148 valence electrons. The maximum atomic E-state index is 12.9. The predicted octanol–water partition coefficient (Wildman–Crippen LogP) is 0.678. The molecule has 2 bridgehead atoms. The summed E-state index contributed by atoms with van der Waals surface area (Å²) in [5, 5.41) is 9.64. The summed E-state index contributed by atoms with van der Waals surface area (Å²) in [5.74, 6) is 0.0553. The number of hydrogen-bond acceptors (Lipinski definition) is 5. The zero-order valence-corrected chi connectivity index (χ0v) is 15.9. The third-order valence-electron chi connectivity index (χ3n) is 6.79. The molecule has 4 unspecified atom stereocenters. The van der Waals surface area contributed by atoms with Crippen molar-refractivity contribution in [1.82, 2.24) is 20.9 Å². The summed E-state index contributed by atoms with van der Waals surface area (Å²) >= 11 is 0. The van der Waals surface area contributed by atoms with E-state index < -0.39 is 6.04 Å². The van der Waals surface area contributed by atoms with Gasteiger partial charge in [-0.05, 0) is 55.3 Å². The number of benzene rings is 1. The molecule has 1 saturated carbocycles. The van der Waals surface area contributed by atoms with E-state index in [0.717, 1.165) is 30.1 Å². The molecule has 7 heteroatoms. The number of fused-ring (bicyclic) bond motifs is 4. The lowest BCUT2D eigenvalue weighted by atomic mass is 9.78. The normalized spacial score (nSPS) is 31.9. The van der Waals surface area contributed by atoms with Crippen LogP contribution in [0.25, 0.3) is 0 Å². The highest BCUT2D eigenvalue weighted by molar-refractivity contribution is 6.05. The first-order valence-electron chi connectivity index (χ1n) is 10.3. The Labute approximate surface area is 164 Å². The Bertz CT molecular complexity index is 831. The first kappa shape index (κ1) is 17.8. The third-order valence-corrected chi connectivity index (χ3v) is 6.79. The van der Waals surface area contributed by atoms with Gasteiger partial charge >= 0.3 is 0 Å². The molecular formula is C21H26N4O3. The van der Waals surface area contributed by atoms with Crippen LogP contribution in [0.4, 0.5) is 0 Å². The minimum absolute atomic E-state index is 0.107. The molecule has 4 aliphatic heterocycles. The van der Waals surface area contributed by atoms with Gasteiger partial charge in [-0.25, -0.2) is 0 Å². The highest BCUT2D eigenvalue weighted by Gasteiger charge is 2.39. The van der Waals surface area contributed by atoms with Gasteiger partial charge in [0.05, 0.1) is 0 Å². The monoisotopic (exact) mass is 382 g/mol. The van der Waals surface area contributed by atoms with Crippen molar-refractivity contribution in [3.05, 3.63) is 34.9 Å². The van der Waals surface area contributed by atoms with E-state index in [2.05, 4.69) is 22.0 Å². The highest BCUT2D eigenvalue weighted by atomic mass is 16.2. The molecule has 4 atom stereocenters. The second kappa shape index (κ2) is 6.97. The zero-order chi connectivity index (χ0) is 19.3. The molecule has 7 nitrogen and oxygen atoms in total. The van der Waals surface area contributed by atoms with E-state index >= 15 is 0 Å². The van der Waals surface area contributed by atoms with Crippen LogP contribution in [-0.4, -0.2) is 47.3 Å². The molecule has 1 aliphatic carbocycles. The van der Waals surface area contributed by atoms with Gasteiger partial charge in [-0.3, -0.25) is 19.7 Å². The van der Waals surface area contributed by atoms with Crippen molar-refractivity contribution in [3.8, 4) is 0 Å². The summed E-state index contributed by atoms with van der Waals surface area (Å²) in [5.41, 5.74) is 2.74. The van der Waals surface area contributed by atoms with Crippen molar-refractivity contribution >= 4 is 17.7 Å². The molecule has 0 aromatic heterocycles. The van der Waals surface area contributed by atoms with E-state index in [4.69, 9.17) is 0 Å². The Morgan fingerprint density at radius 2 is 2.04 bits per heavy atom.